The first kappa shape index (κ1) is 17.2. The monoisotopic (exact) mass is 341 g/mol. The number of carbonyl (C=O) groups is 2. The molecule has 3 rings (SSSR count). The third kappa shape index (κ3) is 4.09. The molecule has 3 amide bonds. The van der Waals surface area contributed by atoms with Crippen molar-refractivity contribution in [1.29, 1.82) is 0 Å². The number of hydrogen-bond donors (Lipinski definition) is 3. The van der Waals surface area contributed by atoms with E-state index >= 15 is 0 Å². The van der Waals surface area contributed by atoms with Gasteiger partial charge in [0.1, 0.15) is 0 Å². The van der Waals surface area contributed by atoms with E-state index in [0.29, 0.717) is 19.5 Å². The zero-order valence-electron chi connectivity index (χ0n) is 14.0. The number of hydrogen-bond acceptors (Lipinski definition) is 3. The van der Waals surface area contributed by atoms with Gasteiger partial charge in [-0.25, -0.2) is 4.79 Å². The predicted octanol–water partition coefficient (Wildman–Crippen LogP) is 1.58. The Morgan fingerprint density at radius 3 is 2.68 bits per heavy atom. The minimum Gasteiger partial charge on any atom is -0.391 e. The SMILES string of the molecule is NC(=O)NCCC(=O)N1CC[C@@H](c2ccc3ccccc3c2)[C@H](O)C1. The number of primary amides is 1. The molecule has 25 heavy (non-hydrogen) atoms. The van der Waals surface area contributed by atoms with Gasteiger partial charge in [0.2, 0.25) is 5.91 Å². The summed E-state index contributed by atoms with van der Waals surface area (Å²) in [5, 5.41) is 15.3. The second-order valence-electron chi connectivity index (χ2n) is 6.45. The van der Waals surface area contributed by atoms with E-state index in [0.717, 1.165) is 10.9 Å². The zero-order chi connectivity index (χ0) is 17.8. The van der Waals surface area contributed by atoms with E-state index in [1.54, 1.807) is 4.90 Å². The highest BCUT2D eigenvalue weighted by molar-refractivity contribution is 5.83. The molecule has 0 spiro atoms. The van der Waals surface area contributed by atoms with Crippen molar-refractivity contribution in [1.82, 2.24) is 10.2 Å². The molecular formula is C19H23N3O3. The van der Waals surface area contributed by atoms with Crippen LogP contribution >= 0.6 is 0 Å². The van der Waals surface area contributed by atoms with Crippen molar-refractivity contribution in [3.8, 4) is 0 Å². The number of aliphatic hydroxyl groups excluding tert-OH is 1. The molecule has 0 aromatic heterocycles. The molecule has 1 saturated heterocycles. The fourth-order valence-corrected chi connectivity index (χ4v) is 3.44. The smallest absolute Gasteiger partial charge is 0.312 e. The highest BCUT2D eigenvalue weighted by Crippen LogP contribution is 2.30. The number of β-amino-alcohol motifs (C(OH)–C–C–N with tert-alkyl or cyclic N) is 1. The number of urea groups is 1. The van der Waals surface area contributed by atoms with E-state index in [1.165, 1.54) is 5.39 Å². The number of aliphatic hydroxyl groups is 1. The number of carbonyl (C=O) groups excluding carboxylic acids is 2. The number of nitrogens with zero attached hydrogens (tertiary/aromatic N) is 1. The molecule has 4 N–H and O–H groups in total. The Morgan fingerprint density at radius 2 is 1.96 bits per heavy atom. The van der Waals surface area contributed by atoms with E-state index in [1.807, 2.05) is 12.1 Å². The van der Waals surface area contributed by atoms with Crippen molar-refractivity contribution in [3.63, 3.8) is 0 Å². The van der Waals surface area contributed by atoms with E-state index in [4.69, 9.17) is 5.73 Å². The molecule has 0 bridgehead atoms. The molecule has 132 valence electrons. The summed E-state index contributed by atoms with van der Waals surface area (Å²) in [5.41, 5.74) is 6.09. The molecule has 0 saturated carbocycles. The fourth-order valence-electron chi connectivity index (χ4n) is 3.44. The highest BCUT2D eigenvalue weighted by atomic mass is 16.3. The number of nitrogens with two attached hydrogens (primary N) is 1. The second kappa shape index (κ2) is 7.53. The van der Waals surface area contributed by atoms with Crippen LogP contribution < -0.4 is 11.1 Å². The molecule has 1 fully saturated rings. The minimum atomic E-state index is -0.636. The van der Waals surface area contributed by atoms with Crippen LogP contribution in [-0.4, -0.2) is 47.7 Å². The maximum absolute atomic E-state index is 12.2. The van der Waals surface area contributed by atoms with Crippen LogP contribution in [0.3, 0.4) is 0 Å². The van der Waals surface area contributed by atoms with Crippen molar-refractivity contribution < 1.29 is 14.7 Å². The van der Waals surface area contributed by atoms with Gasteiger partial charge in [-0.15, -0.1) is 0 Å². The molecule has 2 aromatic carbocycles. The summed E-state index contributed by atoms with van der Waals surface area (Å²) >= 11 is 0. The van der Waals surface area contributed by atoms with Crippen molar-refractivity contribution in [2.75, 3.05) is 19.6 Å². The Bertz CT molecular complexity index is 777. The van der Waals surface area contributed by atoms with E-state index in [2.05, 4.69) is 35.6 Å². The van der Waals surface area contributed by atoms with Gasteiger partial charge in [0.25, 0.3) is 0 Å². The number of nitrogens with one attached hydrogen (secondary N) is 1. The summed E-state index contributed by atoms with van der Waals surface area (Å²) in [6.07, 6.45) is 0.313. The van der Waals surface area contributed by atoms with Gasteiger partial charge in [-0.1, -0.05) is 42.5 Å². The molecule has 1 aliphatic heterocycles. The zero-order valence-corrected chi connectivity index (χ0v) is 14.0. The minimum absolute atomic E-state index is 0.0254. The summed E-state index contributed by atoms with van der Waals surface area (Å²) in [6, 6.07) is 13.8. The lowest BCUT2D eigenvalue weighted by molar-refractivity contribution is -0.134. The van der Waals surface area contributed by atoms with Gasteiger partial charge in [0.05, 0.1) is 6.10 Å². The third-order valence-electron chi connectivity index (χ3n) is 4.77. The van der Waals surface area contributed by atoms with E-state index in [-0.39, 0.29) is 24.8 Å². The lowest BCUT2D eigenvalue weighted by atomic mass is 9.86. The van der Waals surface area contributed by atoms with E-state index < -0.39 is 12.1 Å². The average Bonchev–Trinajstić information content (AvgIpc) is 2.61. The van der Waals surface area contributed by atoms with Crippen molar-refractivity contribution >= 4 is 22.7 Å². The number of rotatable bonds is 4. The number of amides is 3. The molecule has 6 nitrogen and oxygen atoms in total. The molecule has 2 aromatic rings. The van der Waals surface area contributed by atoms with Gasteiger partial charge < -0.3 is 21.1 Å². The lowest BCUT2D eigenvalue weighted by Crippen LogP contribution is -2.46. The number of likely N-dealkylation sites (tertiary alicyclic amines) is 1. The Labute approximate surface area is 146 Å². The molecule has 2 atom stereocenters. The normalized spacial score (nSPS) is 20.4. The van der Waals surface area contributed by atoms with Gasteiger partial charge in [-0.2, -0.15) is 0 Å². The largest absolute Gasteiger partial charge is 0.391 e. The maximum Gasteiger partial charge on any atom is 0.312 e. The molecule has 0 radical (unpaired) electrons. The summed E-state index contributed by atoms with van der Waals surface area (Å²) in [7, 11) is 0. The van der Waals surface area contributed by atoms with Crippen LogP contribution in [0.5, 0.6) is 0 Å². The quantitative estimate of drug-likeness (QED) is 0.788. The third-order valence-corrected chi connectivity index (χ3v) is 4.77. The van der Waals surface area contributed by atoms with Crippen LogP contribution in [0.25, 0.3) is 10.8 Å². The Hall–Kier alpha value is -2.60. The average molecular weight is 341 g/mol. The van der Waals surface area contributed by atoms with Gasteiger partial charge >= 0.3 is 6.03 Å². The highest BCUT2D eigenvalue weighted by Gasteiger charge is 2.30. The molecule has 1 aliphatic rings. The molecule has 1 heterocycles. The number of piperidine rings is 1. The summed E-state index contributed by atoms with van der Waals surface area (Å²) in [5.74, 6) is -0.0536. The fraction of sp³-hybridized carbons (Fsp3) is 0.368. The van der Waals surface area contributed by atoms with Crippen LogP contribution in [0.15, 0.2) is 42.5 Å². The van der Waals surface area contributed by atoms with Gasteiger partial charge in [0, 0.05) is 32.0 Å². The summed E-state index contributed by atoms with van der Waals surface area (Å²) in [4.78, 5) is 24.5. The number of fused-ring (bicyclic) bond motifs is 1. The van der Waals surface area contributed by atoms with Gasteiger partial charge in [0.15, 0.2) is 0 Å². The van der Waals surface area contributed by atoms with Gasteiger partial charge in [-0.05, 0) is 22.8 Å². The lowest BCUT2D eigenvalue weighted by Gasteiger charge is -2.36. The van der Waals surface area contributed by atoms with Crippen LogP contribution in [-0.2, 0) is 4.79 Å². The maximum atomic E-state index is 12.2. The standard InChI is InChI=1S/C19H23N3O3/c20-19(25)21-9-7-18(24)22-10-8-16(17(23)12-22)15-6-5-13-3-1-2-4-14(13)11-15/h1-6,11,16-17,23H,7-10,12H2,(H3,20,21,25)/t16-,17+/m0/s1. The van der Waals surface area contributed by atoms with Crippen LogP contribution in [0.4, 0.5) is 4.79 Å². The molecule has 0 aliphatic carbocycles. The second-order valence-corrected chi connectivity index (χ2v) is 6.45. The van der Waals surface area contributed by atoms with Crippen LogP contribution in [0.2, 0.25) is 0 Å². The molecular weight excluding hydrogens is 318 g/mol. The molecule has 6 heteroatoms. The Balaban J connectivity index is 1.62. The van der Waals surface area contributed by atoms with Crippen molar-refractivity contribution in [2.24, 2.45) is 5.73 Å². The Morgan fingerprint density at radius 1 is 1.20 bits per heavy atom. The predicted molar refractivity (Wildman–Crippen MR) is 96.1 cm³/mol. The van der Waals surface area contributed by atoms with Crippen molar-refractivity contribution in [3.05, 3.63) is 48.0 Å². The Kier molecular flexibility index (Phi) is 5.19. The first-order valence-electron chi connectivity index (χ1n) is 8.52. The van der Waals surface area contributed by atoms with Crippen molar-refractivity contribution in [2.45, 2.75) is 24.9 Å². The summed E-state index contributed by atoms with van der Waals surface area (Å²) in [6.45, 7) is 1.13. The first-order chi connectivity index (χ1) is 12.0. The summed E-state index contributed by atoms with van der Waals surface area (Å²) < 4.78 is 0. The van der Waals surface area contributed by atoms with Gasteiger partial charge in [-0.3, -0.25) is 4.79 Å². The topological polar surface area (TPSA) is 95.7 Å². The molecule has 0 unspecified atom stereocenters. The number of benzene rings is 2. The van der Waals surface area contributed by atoms with E-state index in [9.17, 15) is 14.7 Å². The van der Waals surface area contributed by atoms with Crippen LogP contribution in [0, 0.1) is 0 Å². The first-order valence-corrected chi connectivity index (χ1v) is 8.52. The van der Waals surface area contributed by atoms with Crippen LogP contribution in [0.1, 0.15) is 24.3 Å².